The SMILES string of the molecule is CNC(=O)C1CCCN(C(=O)C(S)C(C)C)C1. The van der Waals surface area contributed by atoms with Gasteiger partial charge in [0.25, 0.3) is 0 Å². The Bertz CT molecular complexity index is 294. The molecule has 1 heterocycles. The summed E-state index contributed by atoms with van der Waals surface area (Å²) in [5.41, 5.74) is 0. The molecule has 0 radical (unpaired) electrons. The molecule has 2 amide bonds. The summed E-state index contributed by atoms with van der Waals surface area (Å²) in [5, 5.41) is 2.38. The molecule has 5 heteroatoms. The minimum atomic E-state index is -0.265. The first kappa shape index (κ1) is 14.4. The number of rotatable bonds is 3. The van der Waals surface area contributed by atoms with E-state index < -0.39 is 0 Å². The second-order valence-electron chi connectivity index (χ2n) is 4.93. The minimum absolute atomic E-state index is 0.0303. The van der Waals surface area contributed by atoms with Crippen molar-refractivity contribution >= 4 is 24.4 Å². The Balaban J connectivity index is 2.60. The molecule has 0 aromatic carbocycles. The quantitative estimate of drug-likeness (QED) is 0.740. The Morgan fingerprint density at radius 3 is 2.59 bits per heavy atom. The maximum atomic E-state index is 12.1. The van der Waals surface area contributed by atoms with Crippen LogP contribution in [0.4, 0.5) is 0 Å². The highest BCUT2D eigenvalue weighted by molar-refractivity contribution is 7.81. The van der Waals surface area contributed by atoms with E-state index in [-0.39, 0.29) is 28.9 Å². The second kappa shape index (κ2) is 6.28. The van der Waals surface area contributed by atoms with Crippen LogP contribution < -0.4 is 5.32 Å². The van der Waals surface area contributed by atoms with E-state index in [4.69, 9.17) is 0 Å². The molecule has 1 rings (SSSR count). The molecule has 0 aliphatic carbocycles. The van der Waals surface area contributed by atoms with Crippen LogP contribution in [-0.4, -0.2) is 42.1 Å². The third kappa shape index (κ3) is 3.63. The van der Waals surface area contributed by atoms with Gasteiger partial charge >= 0.3 is 0 Å². The van der Waals surface area contributed by atoms with E-state index in [1.165, 1.54) is 0 Å². The minimum Gasteiger partial charge on any atom is -0.359 e. The normalized spacial score (nSPS) is 22.4. The van der Waals surface area contributed by atoms with E-state index in [0.717, 1.165) is 19.4 Å². The Hall–Kier alpha value is -0.710. The maximum Gasteiger partial charge on any atom is 0.235 e. The molecule has 0 aromatic rings. The summed E-state index contributed by atoms with van der Waals surface area (Å²) in [4.78, 5) is 25.5. The van der Waals surface area contributed by atoms with E-state index in [1.807, 2.05) is 13.8 Å². The van der Waals surface area contributed by atoms with Crippen LogP contribution in [0.5, 0.6) is 0 Å². The highest BCUT2D eigenvalue weighted by Gasteiger charge is 2.31. The molecule has 0 spiro atoms. The molecule has 2 atom stereocenters. The van der Waals surface area contributed by atoms with Gasteiger partial charge in [-0.2, -0.15) is 12.6 Å². The van der Waals surface area contributed by atoms with Gasteiger partial charge in [-0.1, -0.05) is 13.8 Å². The van der Waals surface area contributed by atoms with Gasteiger partial charge in [-0.25, -0.2) is 0 Å². The van der Waals surface area contributed by atoms with Crippen molar-refractivity contribution in [2.24, 2.45) is 11.8 Å². The van der Waals surface area contributed by atoms with E-state index in [9.17, 15) is 9.59 Å². The number of nitrogens with one attached hydrogen (secondary N) is 1. The van der Waals surface area contributed by atoms with Crippen LogP contribution in [0.1, 0.15) is 26.7 Å². The van der Waals surface area contributed by atoms with Gasteiger partial charge in [0.2, 0.25) is 11.8 Å². The lowest BCUT2D eigenvalue weighted by molar-refractivity contribution is -0.135. The maximum absolute atomic E-state index is 12.1. The first-order valence-electron chi connectivity index (χ1n) is 6.15. The second-order valence-corrected chi connectivity index (χ2v) is 5.48. The van der Waals surface area contributed by atoms with Crippen molar-refractivity contribution in [3.05, 3.63) is 0 Å². The number of amides is 2. The van der Waals surface area contributed by atoms with Crippen LogP contribution in [0.3, 0.4) is 0 Å². The van der Waals surface area contributed by atoms with Crippen LogP contribution in [0.2, 0.25) is 0 Å². The third-order valence-corrected chi connectivity index (χ3v) is 4.05. The van der Waals surface area contributed by atoms with Crippen molar-refractivity contribution in [2.75, 3.05) is 20.1 Å². The van der Waals surface area contributed by atoms with Crippen LogP contribution in [0.15, 0.2) is 0 Å². The fourth-order valence-corrected chi connectivity index (χ4v) is 2.23. The molecule has 98 valence electrons. The van der Waals surface area contributed by atoms with Crippen molar-refractivity contribution in [2.45, 2.75) is 31.9 Å². The van der Waals surface area contributed by atoms with Gasteiger partial charge < -0.3 is 10.2 Å². The summed E-state index contributed by atoms with van der Waals surface area (Å²) in [5.74, 6) is 0.233. The van der Waals surface area contributed by atoms with Gasteiger partial charge in [0.1, 0.15) is 0 Å². The van der Waals surface area contributed by atoms with Crippen molar-refractivity contribution in [1.82, 2.24) is 10.2 Å². The largest absolute Gasteiger partial charge is 0.359 e. The number of nitrogens with zero attached hydrogens (tertiary/aromatic N) is 1. The van der Waals surface area contributed by atoms with E-state index in [1.54, 1.807) is 11.9 Å². The Kier molecular flexibility index (Phi) is 5.31. The zero-order valence-corrected chi connectivity index (χ0v) is 11.7. The summed E-state index contributed by atoms with van der Waals surface area (Å²) in [6.07, 6.45) is 1.75. The lowest BCUT2D eigenvalue weighted by Crippen LogP contribution is -2.48. The van der Waals surface area contributed by atoms with E-state index in [2.05, 4.69) is 17.9 Å². The number of likely N-dealkylation sites (tertiary alicyclic amines) is 1. The number of carbonyl (C=O) groups excluding carboxylic acids is 2. The van der Waals surface area contributed by atoms with Gasteiger partial charge in [-0.05, 0) is 18.8 Å². The van der Waals surface area contributed by atoms with Crippen molar-refractivity contribution in [3.8, 4) is 0 Å². The molecule has 1 aliphatic heterocycles. The molecule has 17 heavy (non-hydrogen) atoms. The lowest BCUT2D eigenvalue weighted by atomic mass is 9.96. The molecule has 0 bridgehead atoms. The molecule has 2 unspecified atom stereocenters. The summed E-state index contributed by atoms with van der Waals surface area (Å²) in [7, 11) is 1.64. The molecule has 1 fully saturated rings. The van der Waals surface area contributed by atoms with Gasteiger partial charge in [0.15, 0.2) is 0 Å². The highest BCUT2D eigenvalue weighted by atomic mass is 32.1. The lowest BCUT2D eigenvalue weighted by Gasteiger charge is -2.34. The number of piperidine rings is 1. The molecule has 1 saturated heterocycles. The van der Waals surface area contributed by atoms with Crippen molar-refractivity contribution in [3.63, 3.8) is 0 Å². The van der Waals surface area contributed by atoms with Crippen molar-refractivity contribution < 1.29 is 9.59 Å². The summed E-state index contributed by atoms with van der Waals surface area (Å²) < 4.78 is 0. The standard InChI is InChI=1S/C12H22N2O2S/c1-8(2)10(17)12(16)14-6-4-5-9(7-14)11(15)13-3/h8-10,17H,4-7H2,1-3H3,(H,13,15). The predicted molar refractivity (Wildman–Crippen MR) is 71.0 cm³/mol. The van der Waals surface area contributed by atoms with Crippen LogP contribution in [0.25, 0.3) is 0 Å². The number of hydrogen-bond donors (Lipinski definition) is 2. The summed E-state index contributed by atoms with van der Waals surface area (Å²) >= 11 is 4.34. The van der Waals surface area contributed by atoms with Crippen LogP contribution >= 0.6 is 12.6 Å². The monoisotopic (exact) mass is 258 g/mol. The zero-order chi connectivity index (χ0) is 13.0. The van der Waals surface area contributed by atoms with E-state index in [0.29, 0.717) is 6.54 Å². The molecule has 1 N–H and O–H groups in total. The fraction of sp³-hybridized carbons (Fsp3) is 0.833. The Morgan fingerprint density at radius 2 is 2.06 bits per heavy atom. The topological polar surface area (TPSA) is 49.4 Å². The van der Waals surface area contributed by atoms with Crippen molar-refractivity contribution in [1.29, 1.82) is 0 Å². The van der Waals surface area contributed by atoms with Gasteiger partial charge in [0, 0.05) is 20.1 Å². The van der Waals surface area contributed by atoms with Gasteiger partial charge in [0.05, 0.1) is 11.2 Å². The molecule has 4 nitrogen and oxygen atoms in total. The summed E-state index contributed by atoms with van der Waals surface area (Å²) in [6.45, 7) is 5.24. The molecular formula is C12H22N2O2S. The fourth-order valence-electron chi connectivity index (χ4n) is 2.07. The number of thiol groups is 1. The Labute approximate surface area is 109 Å². The van der Waals surface area contributed by atoms with Gasteiger partial charge in [-0.3, -0.25) is 9.59 Å². The van der Waals surface area contributed by atoms with E-state index >= 15 is 0 Å². The number of hydrogen-bond acceptors (Lipinski definition) is 3. The summed E-state index contributed by atoms with van der Waals surface area (Å²) in [6, 6.07) is 0. The average Bonchev–Trinajstić information content (AvgIpc) is 2.36. The van der Waals surface area contributed by atoms with Crippen LogP contribution in [0, 0.1) is 11.8 Å². The molecule has 0 aromatic heterocycles. The first-order valence-corrected chi connectivity index (χ1v) is 6.67. The third-order valence-electron chi connectivity index (χ3n) is 3.23. The zero-order valence-electron chi connectivity index (χ0n) is 10.8. The highest BCUT2D eigenvalue weighted by Crippen LogP contribution is 2.20. The average molecular weight is 258 g/mol. The molecule has 0 saturated carbocycles. The first-order chi connectivity index (χ1) is 7.97. The van der Waals surface area contributed by atoms with Gasteiger partial charge in [-0.15, -0.1) is 0 Å². The predicted octanol–water partition coefficient (Wildman–Crippen LogP) is 0.925. The molecular weight excluding hydrogens is 236 g/mol. The smallest absolute Gasteiger partial charge is 0.235 e. The van der Waals surface area contributed by atoms with Crippen LogP contribution in [-0.2, 0) is 9.59 Å². The number of carbonyl (C=O) groups is 2. The molecule has 1 aliphatic rings. The Morgan fingerprint density at radius 1 is 1.41 bits per heavy atom.